The molecule has 1 aliphatic rings. The van der Waals surface area contributed by atoms with Gasteiger partial charge >= 0.3 is 6.18 Å². The van der Waals surface area contributed by atoms with E-state index in [1.165, 1.54) is 12.1 Å². The number of hydrogen-bond donors (Lipinski definition) is 1. The molecule has 0 bridgehead atoms. The Bertz CT molecular complexity index is 881. The van der Waals surface area contributed by atoms with E-state index >= 15 is 0 Å². The van der Waals surface area contributed by atoms with Gasteiger partial charge in [-0.2, -0.15) is 13.2 Å². The zero-order valence-electron chi connectivity index (χ0n) is 15.7. The van der Waals surface area contributed by atoms with Crippen LogP contribution in [0.5, 0.6) is 5.75 Å². The van der Waals surface area contributed by atoms with Gasteiger partial charge in [-0.1, -0.05) is 0 Å². The van der Waals surface area contributed by atoms with Crippen LogP contribution in [-0.4, -0.2) is 34.4 Å². The van der Waals surface area contributed by atoms with Crippen LogP contribution in [0.2, 0.25) is 0 Å². The molecule has 1 N–H and O–H groups in total. The lowest BCUT2D eigenvalue weighted by atomic mass is 10.1. The molecule has 2 aromatic rings. The summed E-state index contributed by atoms with van der Waals surface area (Å²) < 4.78 is 41.1. The Hall–Kier alpha value is -2.97. The summed E-state index contributed by atoms with van der Waals surface area (Å²) in [4.78, 5) is 32.4. The van der Waals surface area contributed by atoms with Gasteiger partial charge in [0, 0.05) is 24.2 Å². The zero-order valence-corrected chi connectivity index (χ0v) is 15.7. The van der Waals surface area contributed by atoms with Crippen molar-refractivity contribution < 1.29 is 27.5 Å². The van der Waals surface area contributed by atoms with Crippen LogP contribution in [0.15, 0.2) is 36.7 Å². The largest absolute Gasteiger partial charge is 0.483 e. The highest BCUT2D eigenvalue weighted by molar-refractivity contribution is 5.92. The molecule has 6 nitrogen and oxygen atoms in total. The number of nitrogens with one attached hydrogen (secondary N) is 1. The molecule has 0 aromatic carbocycles. The molecule has 1 unspecified atom stereocenters. The second-order valence-corrected chi connectivity index (χ2v) is 6.98. The summed E-state index contributed by atoms with van der Waals surface area (Å²) in [5.74, 6) is -0.214. The quantitative estimate of drug-likeness (QED) is 0.725. The summed E-state index contributed by atoms with van der Waals surface area (Å²) in [6, 6.07) is 5.71. The van der Waals surface area contributed by atoms with Crippen molar-refractivity contribution in [2.45, 2.75) is 38.4 Å². The minimum atomic E-state index is -4.45. The average Bonchev–Trinajstić information content (AvgIpc) is 3.52. The summed E-state index contributed by atoms with van der Waals surface area (Å²) in [6.07, 6.45) is 0.381. The Morgan fingerprint density at radius 3 is 2.62 bits per heavy atom. The van der Waals surface area contributed by atoms with Gasteiger partial charge in [-0.25, -0.2) is 4.98 Å². The number of alkyl halides is 3. The van der Waals surface area contributed by atoms with Crippen LogP contribution < -0.4 is 10.1 Å². The van der Waals surface area contributed by atoms with Gasteiger partial charge in [-0.3, -0.25) is 14.6 Å². The van der Waals surface area contributed by atoms with Crippen LogP contribution in [0.25, 0.3) is 0 Å². The van der Waals surface area contributed by atoms with E-state index in [0.29, 0.717) is 5.69 Å². The number of carbonyl (C=O) groups excluding carboxylic acids is 2. The molecule has 0 aliphatic heterocycles. The molecule has 9 heteroatoms. The highest BCUT2D eigenvalue weighted by Crippen LogP contribution is 2.31. The van der Waals surface area contributed by atoms with E-state index < -0.39 is 18.7 Å². The van der Waals surface area contributed by atoms with Gasteiger partial charge in [0.2, 0.25) is 0 Å². The minimum absolute atomic E-state index is 0.0504. The number of hydrogen-bond acceptors (Lipinski definition) is 5. The summed E-state index contributed by atoms with van der Waals surface area (Å²) >= 11 is 0. The fraction of sp³-hybridized carbons (Fsp3) is 0.400. The Labute approximate surface area is 165 Å². The lowest BCUT2D eigenvalue weighted by Crippen LogP contribution is -2.27. The van der Waals surface area contributed by atoms with Crippen molar-refractivity contribution in [3.05, 3.63) is 53.6 Å². The standard InChI is InChI=1S/C20H20F3N3O3/c1-12(14-6-7-24-15(8-14)9-18(27)13-2-3-13)26-19(28)17-5-4-16(10-25-17)29-11-20(21,22)23/h4-8,10,12-13H,2-3,9,11H2,1H3,(H,26,28). The second kappa shape index (κ2) is 8.59. The van der Waals surface area contributed by atoms with Gasteiger partial charge in [0.05, 0.1) is 12.2 Å². The van der Waals surface area contributed by atoms with Gasteiger partial charge in [0.1, 0.15) is 17.2 Å². The van der Waals surface area contributed by atoms with E-state index in [9.17, 15) is 22.8 Å². The molecule has 1 atom stereocenters. The third-order valence-electron chi connectivity index (χ3n) is 4.45. The molecular weight excluding hydrogens is 387 g/mol. The van der Waals surface area contributed by atoms with E-state index in [-0.39, 0.29) is 35.6 Å². The number of carbonyl (C=O) groups is 2. The predicted octanol–water partition coefficient (Wildman–Crippen LogP) is 3.43. The highest BCUT2D eigenvalue weighted by Gasteiger charge is 2.30. The first-order valence-corrected chi connectivity index (χ1v) is 9.15. The van der Waals surface area contributed by atoms with Crippen molar-refractivity contribution in [1.82, 2.24) is 15.3 Å². The number of pyridine rings is 2. The maximum Gasteiger partial charge on any atom is 0.422 e. The number of halogens is 3. The first kappa shape index (κ1) is 20.8. The van der Waals surface area contributed by atoms with Crippen molar-refractivity contribution >= 4 is 11.7 Å². The number of ketones is 1. The molecule has 0 spiro atoms. The van der Waals surface area contributed by atoms with Crippen molar-refractivity contribution in [1.29, 1.82) is 0 Å². The smallest absolute Gasteiger partial charge is 0.422 e. The van der Waals surface area contributed by atoms with Crippen LogP contribution in [-0.2, 0) is 11.2 Å². The van der Waals surface area contributed by atoms with Crippen LogP contribution >= 0.6 is 0 Å². The van der Waals surface area contributed by atoms with Gasteiger partial charge < -0.3 is 10.1 Å². The lowest BCUT2D eigenvalue weighted by Gasteiger charge is -2.15. The molecule has 1 saturated carbocycles. The van der Waals surface area contributed by atoms with E-state index in [1.54, 1.807) is 25.3 Å². The lowest BCUT2D eigenvalue weighted by molar-refractivity contribution is -0.153. The molecule has 29 heavy (non-hydrogen) atoms. The molecule has 3 rings (SSSR count). The van der Waals surface area contributed by atoms with Crippen molar-refractivity contribution in [3.8, 4) is 5.75 Å². The number of aromatic nitrogens is 2. The van der Waals surface area contributed by atoms with Gasteiger partial charge in [-0.05, 0) is 49.6 Å². The second-order valence-electron chi connectivity index (χ2n) is 6.98. The van der Waals surface area contributed by atoms with Crippen molar-refractivity contribution in [2.24, 2.45) is 5.92 Å². The molecule has 0 saturated heterocycles. The van der Waals surface area contributed by atoms with E-state index in [0.717, 1.165) is 24.6 Å². The third kappa shape index (κ3) is 6.27. The molecule has 1 aliphatic carbocycles. The fourth-order valence-corrected chi connectivity index (χ4v) is 2.71. The number of nitrogens with zero attached hydrogens (tertiary/aromatic N) is 2. The monoisotopic (exact) mass is 407 g/mol. The molecular formula is C20H20F3N3O3. The number of Topliss-reactive ketones (excluding diaryl/α,β-unsaturated/α-hetero) is 1. The summed E-state index contributed by atoms with van der Waals surface area (Å²) in [5, 5.41) is 2.77. The van der Waals surface area contributed by atoms with E-state index in [2.05, 4.69) is 20.0 Å². The highest BCUT2D eigenvalue weighted by atomic mass is 19.4. The Kier molecular flexibility index (Phi) is 6.14. The van der Waals surface area contributed by atoms with E-state index in [1.807, 2.05) is 0 Å². The Balaban J connectivity index is 1.57. The van der Waals surface area contributed by atoms with Crippen LogP contribution in [0.1, 0.15) is 47.6 Å². The molecule has 1 fully saturated rings. The zero-order chi connectivity index (χ0) is 21.0. The predicted molar refractivity (Wildman–Crippen MR) is 97.3 cm³/mol. The molecule has 1 amide bonds. The minimum Gasteiger partial charge on any atom is -0.483 e. The third-order valence-corrected chi connectivity index (χ3v) is 4.45. The van der Waals surface area contributed by atoms with Gasteiger partial charge in [0.25, 0.3) is 5.91 Å². The summed E-state index contributed by atoms with van der Waals surface area (Å²) in [7, 11) is 0. The molecule has 0 radical (unpaired) electrons. The first-order chi connectivity index (χ1) is 13.7. The van der Waals surface area contributed by atoms with Crippen LogP contribution in [0, 0.1) is 5.92 Å². The van der Waals surface area contributed by atoms with Crippen molar-refractivity contribution in [2.75, 3.05) is 6.61 Å². The molecule has 154 valence electrons. The SMILES string of the molecule is CC(NC(=O)c1ccc(OCC(F)(F)F)cn1)c1ccnc(CC(=O)C2CC2)c1. The number of rotatable bonds is 8. The summed E-state index contributed by atoms with van der Waals surface area (Å²) in [5.41, 5.74) is 1.50. The number of ether oxygens (including phenoxy) is 1. The van der Waals surface area contributed by atoms with Crippen LogP contribution in [0.3, 0.4) is 0 Å². The first-order valence-electron chi connectivity index (χ1n) is 9.15. The summed E-state index contributed by atoms with van der Waals surface area (Å²) in [6.45, 7) is 0.353. The number of amides is 1. The van der Waals surface area contributed by atoms with Gasteiger partial charge in [-0.15, -0.1) is 0 Å². The average molecular weight is 407 g/mol. The Morgan fingerprint density at radius 2 is 2.00 bits per heavy atom. The normalized spacial score (nSPS) is 14.9. The fourth-order valence-electron chi connectivity index (χ4n) is 2.71. The van der Waals surface area contributed by atoms with E-state index in [4.69, 9.17) is 0 Å². The van der Waals surface area contributed by atoms with Crippen molar-refractivity contribution in [3.63, 3.8) is 0 Å². The Morgan fingerprint density at radius 1 is 1.24 bits per heavy atom. The maximum atomic E-state index is 12.4. The topological polar surface area (TPSA) is 81.2 Å². The molecule has 2 heterocycles. The van der Waals surface area contributed by atoms with Gasteiger partial charge in [0.15, 0.2) is 6.61 Å². The molecule has 2 aromatic heterocycles. The maximum absolute atomic E-state index is 12.4. The van der Waals surface area contributed by atoms with Crippen LogP contribution in [0.4, 0.5) is 13.2 Å².